The standard InChI is InChI=1S/C9H12N2O/c1-9(12)5-4-6-2-3-7(10)11-8(6)9/h2-3,12H,4-5H2,1H3,(H2,10,11). The summed E-state index contributed by atoms with van der Waals surface area (Å²) in [6.45, 7) is 1.78. The van der Waals surface area contributed by atoms with E-state index in [-0.39, 0.29) is 0 Å². The highest BCUT2D eigenvalue weighted by atomic mass is 16.3. The summed E-state index contributed by atoms with van der Waals surface area (Å²) in [4.78, 5) is 4.13. The predicted molar refractivity (Wildman–Crippen MR) is 46.5 cm³/mol. The van der Waals surface area contributed by atoms with Gasteiger partial charge in [-0.15, -0.1) is 0 Å². The zero-order valence-electron chi connectivity index (χ0n) is 7.04. The summed E-state index contributed by atoms with van der Waals surface area (Å²) in [7, 11) is 0. The highest BCUT2D eigenvalue weighted by Crippen LogP contribution is 2.34. The van der Waals surface area contributed by atoms with Crippen LogP contribution in [0.25, 0.3) is 0 Å². The van der Waals surface area contributed by atoms with Crippen LogP contribution in [0.1, 0.15) is 24.6 Å². The Bertz CT molecular complexity index is 320. The third-order valence-electron chi connectivity index (χ3n) is 2.39. The van der Waals surface area contributed by atoms with E-state index in [9.17, 15) is 5.11 Å². The zero-order valence-corrected chi connectivity index (χ0v) is 7.04. The van der Waals surface area contributed by atoms with E-state index in [1.54, 1.807) is 13.0 Å². The van der Waals surface area contributed by atoms with E-state index < -0.39 is 5.60 Å². The molecule has 0 bridgehead atoms. The summed E-state index contributed by atoms with van der Waals surface area (Å²) in [6, 6.07) is 3.72. The first-order valence-corrected chi connectivity index (χ1v) is 4.08. The molecule has 1 aromatic heterocycles. The highest BCUT2D eigenvalue weighted by Gasteiger charge is 2.33. The van der Waals surface area contributed by atoms with Gasteiger partial charge in [0, 0.05) is 0 Å². The first-order valence-electron chi connectivity index (χ1n) is 4.08. The summed E-state index contributed by atoms with van der Waals surface area (Å²) in [5.41, 5.74) is 6.63. The molecular formula is C9H12N2O. The molecule has 0 saturated carbocycles. The van der Waals surface area contributed by atoms with Gasteiger partial charge in [0.25, 0.3) is 0 Å². The van der Waals surface area contributed by atoms with Crippen LogP contribution in [0.2, 0.25) is 0 Å². The number of rotatable bonds is 0. The Hall–Kier alpha value is -1.09. The second-order valence-electron chi connectivity index (χ2n) is 3.52. The molecule has 64 valence electrons. The lowest BCUT2D eigenvalue weighted by atomic mass is 10.0. The molecule has 0 fully saturated rings. The van der Waals surface area contributed by atoms with Gasteiger partial charge in [-0.05, 0) is 31.4 Å². The maximum Gasteiger partial charge on any atom is 0.123 e. The van der Waals surface area contributed by atoms with Crippen LogP contribution >= 0.6 is 0 Å². The van der Waals surface area contributed by atoms with E-state index in [0.29, 0.717) is 5.82 Å². The number of pyridine rings is 1. The van der Waals surface area contributed by atoms with Crippen molar-refractivity contribution >= 4 is 5.82 Å². The molecule has 0 aromatic carbocycles. The van der Waals surface area contributed by atoms with E-state index in [0.717, 1.165) is 24.1 Å². The predicted octanol–water partition coefficient (Wildman–Crippen LogP) is 0.817. The van der Waals surface area contributed by atoms with E-state index in [4.69, 9.17) is 5.73 Å². The lowest BCUT2D eigenvalue weighted by molar-refractivity contribution is 0.0555. The number of hydrogen-bond acceptors (Lipinski definition) is 3. The minimum Gasteiger partial charge on any atom is -0.384 e. The Morgan fingerprint density at radius 1 is 1.58 bits per heavy atom. The fraction of sp³-hybridized carbons (Fsp3) is 0.444. The smallest absolute Gasteiger partial charge is 0.123 e. The summed E-state index contributed by atoms with van der Waals surface area (Å²) in [5, 5.41) is 9.85. The minimum absolute atomic E-state index is 0.482. The van der Waals surface area contributed by atoms with Gasteiger partial charge in [-0.2, -0.15) is 0 Å². The normalized spacial score (nSPS) is 27.2. The molecule has 1 heterocycles. The van der Waals surface area contributed by atoms with Crippen LogP contribution < -0.4 is 5.73 Å². The highest BCUT2D eigenvalue weighted by molar-refractivity contribution is 5.39. The second kappa shape index (κ2) is 2.20. The maximum atomic E-state index is 9.85. The van der Waals surface area contributed by atoms with Gasteiger partial charge in [0.15, 0.2) is 0 Å². The number of nitrogens with zero attached hydrogens (tertiary/aromatic N) is 1. The fourth-order valence-electron chi connectivity index (χ4n) is 1.67. The largest absolute Gasteiger partial charge is 0.384 e. The summed E-state index contributed by atoms with van der Waals surface area (Å²) < 4.78 is 0. The summed E-state index contributed by atoms with van der Waals surface area (Å²) in [6.07, 6.45) is 1.65. The van der Waals surface area contributed by atoms with Crippen LogP contribution in [0.4, 0.5) is 5.82 Å². The first-order chi connectivity index (χ1) is 5.59. The molecule has 1 atom stereocenters. The van der Waals surface area contributed by atoms with Crippen molar-refractivity contribution in [3.63, 3.8) is 0 Å². The van der Waals surface area contributed by atoms with Crippen LogP contribution in [0.3, 0.4) is 0 Å². The molecule has 2 rings (SSSR count). The van der Waals surface area contributed by atoms with Gasteiger partial charge in [-0.25, -0.2) is 4.98 Å². The minimum atomic E-state index is -0.773. The maximum absolute atomic E-state index is 9.85. The molecule has 3 nitrogen and oxygen atoms in total. The van der Waals surface area contributed by atoms with Crippen molar-refractivity contribution in [1.29, 1.82) is 0 Å². The Labute approximate surface area is 71.2 Å². The number of nitrogen functional groups attached to an aromatic ring is 1. The third-order valence-corrected chi connectivity index (χ3v) is 2.39. The Kier molecular flexibility index (Phi) is 1.38. The summed E-state index contributed by atoms with van der Waals surface area (Å²) in [5.74, 6) is 0.482. The molecule has 1 aliphatic rings. The first kappa shape index (κ1) is 7.55. The second-order valence-corrected chi connectivity index (χ2v) is 3.52. The molecule has 3 heteroatoms. The number of aryl methyl sites for hydroxylation is 1. The fourth-order valence-corrected chi connectivity index (χ4v) is 1.67. The van der Waals surface area contributed by atoms with E-state index >= 15 is 0 Å². The van der Waals surface area contributed by atoms with Crippen LogP contribution in [-0.4, -0.2) is 10.1 Å². The van der Waals surface area contributed by atoms with Gasteiger partial charge >= 0.3 is 0 Å². The number of aromatic nitrogens is 1. The SMILES string of the molecule is CC1(O)CCc2ccc(N)nc21. The molecule has 3 N–H and O–H groups in total. The van der Waals surface area contributed by atoms with Crippen molar-refractivity contribution in [2.75, 3.05) is 5.73 Å². The summed E-state index contributed by atoms with van der Waals surface area (Å²) >= 11 is 0. The molecule has 12 heavy (non-hydrogen) atoms. The molecule has 0 amide bonds. The number of aliphatic hydroxyl groups is 1. The van der Waals surface area contributed by atoms with Crippen molar-refractivity contribution in [3.05, 3.63) is 23.4 Å². The molecule has 0 spiro atoms. The molecule has 1 unspecified atom stereocenters. The van der Waals surface area contributed by atoms with Crippen molar-refractivity contribution in [1.82, 2.24) is 4.98 Å². The van der Waals surface area contributed by atoms with Crippen LogP contribution in [0.5, 0.6) is 0 Å². The zero-order chi connectivity index (χ0) is 8.77. The average Bonchev–Trinajstić information content (AvgIpc) is 2.28. The Morgan fingerprint density at radius 3 is 3.08 bits per heavy atom. The number of nitrogens with two attached hydrogens (primary N) is 1. The molecule has 1 aliphatic carbocycles. The van der Waals surface area contributed by atoms with Crippen LogP contribution in [0.15, 0.2) is 12.1 Å². The average molecular weight is 164 g/mol. The quantitative estimate of drug-likeness (QED) is 0.596. The van der Waals surface area contributed by atoms with E-state index in [2.05, 4.69) is 4.98 Å². The lowest BCUT2D eigenvalue weighted by Gasteiger charge is -2.15. The van der Waals surface area contributed by atoms with Crippen molar-refractivity contribution in [2.45, 2.75) is 25.4 Å². The van der Waals surface area contributed by atoms with E-state index in [1.807, 2.05) is 6.07 Å². The van der Waals surface area contributed by atoms with Gasteiger partial charge in [0.2, 0.25) is 0 Å². The van der Waals surface area contributed by atoms with Gasteiger partial charge in [-0.1, -0.05) is 6.07 Å². The van der Waals surface area contributed by atoms with Crippen molar-refractivity contribution in [3.8, 4) is 0 Å². The monoisotopic (exact) mass is 164 g/mol. The third kappa shape index (κ3) is 0.975. The van der Waals surface area contributed by atoms with Gasteiger partial charge in [-0.3, -0.25) is 0 Å². The van der Waals surface area contributed by atoms with Gasteiger partial charge in [0.05, 0.1) is 5.69 Å². The van der Waals surface area contributed by atoms with Gasteiger partial charge in [0.1, 0.15) is 11.4 Å². The molecule has 0 aliphatic heterocycles. The number of anilines is 1. The van der Waals surface area contributed by atoms with Crippen LogP contribution in [-0.2, 0) is 12.0 Å². The molecule has 0 saturated heterocycles. The molecule has 1 aromatic rings. The number of hydrogen-bond donors (Lipinski definition) is 2. The van der Waals surface area contributed by atoms with Crippen LogP contribution in [0, 0.1) is 0 Å². The van der Waals surface area contributed by atoms with Crippen molar-refractivity contribution < 1.29 is 5.11 Å². The lowest BCUT2D eigenvalue weighted by Crippen LogP contribution is -2.18. The Morgan fingerprint density at radius 2 is 2.33 bits per heavy atom. The van der Waals surface area contributed by atoms with Crippen molar-refractivity contribution in [2.24, 2.45) is 0 Å². The van der Waals surface area contributed by atoms with E-state index in [1.165, 1.54) is 0 Å². The molecule has 0 radical (unpaired) electrons. The molecular weight excluding hydrogens is 152 g/mol. The number of fused-ring (bicyclic) bond motifs is 1. The topological polar surface area (TPSA) is 59.1 Å². The van der Waals surface area contributed by atoms with Gasteiger partial charge < -0.3 is 10.8 Å². The Balaban J connectivity index is 2.57.